The normalized spacial score (nSPS) is 9.81. The number of Topliss-reactive ketones (excluding diaryl/α,β-unsaturated/α-hetero) is 1. The van der Waals surface area contributed by atoms with E-state index in [0.29, 0.717) is 0 Å². The van der Waals surface area contributed by atoms with E-state index in [1.165, 1.54) is 0 Å². The number of hydrogen-bond acceptors (Lipinski definition) is 3. The fourth-order valence-corrected chi connectivity index (χ4v) is 1.31. The van der Waals surface area contributed by atoms with Crippen LogP contribution in [0.1, 0.15) is 18.4 Å². The molecule has 1 aromatic rings. The summed E-state index contributed by atoms with van der Waals surface area (Å²) in [5.41, 5.74) is 0.871. The summed E-state index contributed by atoms with van der Waals surface area (Å²) < 4.78 is 4.99. The van der Waals surface area contributed by atoms with Gasteiger partial charge in [-0.3, -0.25) is 9.59 Å². The first-order valence-corrected chi connectivity index (χ1v) is 4.98. The summed E-state index contributed by atoms with van der Waals surface area (Å²) in [7, 11) is 1.58. The second-order valence-corrected chi connectivity index (χ2v) is 3.46. The second-order valence-electron chi connectivity index (χ2n) is 3.46. The summed E-state index contributed by atoms with van der Waals surface area (Å²) in [5.74, 6) is -0.266. The molecule has 1 rings (SSSR count). The molecular weight excluding hydrogens is 208 g/mol. The van der Waals surface area contributed by atoms with E-state index < -0.39 is 5.97 Å². The summed E-state index contributed by atoms with van der Waals surface area (Å²) in [6.45, 7) is 0. The van der Waals surface area contributed by atoms with Crippen LogP contribution >= 0.6 is 0 Å². The number of carbonyl (C=O) groups is 2. The van der Waals surface area contributed by atoms with Crippen LogP contribution in [0.4, 0.5) is 0 Å². The lowest BCUT2D eigenvalue weighted by Gasteiger charge is -2.02. The highest BCUT2D eigenvalue weighted by Gasteiger charge is 2.06. The number of carboxylic acids is 1. The number of benzene rings is 1. The number of aliphatic carboxylic acids is 1. The van der Waals surface area contributed by atoms with E-state index in [2.05, 4.69) is 0 Å². The first-order chi connectivity index (χ1) is 7.61. The molecule has 0 bridgehead atoms. The van der Waals surface area contributed by atoms with Crippen LogP contribution in [0.3, 0.4) is 0 Å². The molecule has 0 aliphatic rings. The van der Waals surface area contributed by atoms with Crippen LogP contribution in [-0.2, 0) is 16.0 Å². The highest BCUT2D eigenvalue weighted by atomic mass is 16.5. The Morgan fingerprint density at radius 3 is 2.31 bits per heavy atom. The van der Waals surface area contributed by atoms with Gasteiger partial charge >= 0.3 is 5.97 Å². The van der Waals surface area contributed by atoms with E-state index in [-0.39, 0.29) is 25.0 Å². The molecule has 0 unspecified atom stereocenters. The minimum absolute atomic E-state index is 0.0624. The van der Waals surface area contributed by atoms with Crippen LogP contribution in [0.5, 0.6) is 5.75 Å². The Morgan fingerprint density at radius 1 is 1.19 bits per heavy atom. The largest absolute Gasteiger partial charge is 0.497 e. The van der Waals surface area contributed by atoms with E-state index in [1.54, 1.807) is 31.4 Å². The van der Waals surface area contributed by atoms with E-state index >= 15 is 0 Å². The Hall–Kier alpha value is -1.84. The summed E-state index contributed by atoms with van der Waals surface area (Å²) in [4.78, 5) is 21.6. The van der Waals surface area contributed by atoms with Crippen LogP contribution in [-0.4, -0.2) is 24.0 Å². The van der Waals surface area contributed by atoms with Crippen LogP contribution in [0.15, 0.2) is 24.3 Å². The van der Waals surface area contributed by atoms with Crippen molar-refractivity contribution in [3.8, 4) is 5.75 Å². The third-order valence-electron chi connectivity index (χ3n) is 2.18. The van der Waals surface area contributed by atoms with Gasteiger partial charge in [0.05, 0.1) is 13.5 Å². The number of methoxy groups -OCH3 is 1. The molecular formula is C12H14O4. The van der Waals surface area contributed by atoms with E-state index in [1.807, 2.05) is 0 Å². The summed E-state index contributed by atoms with van der Waals surface area (Å²) in [6, 6.07) is 7.16. The highest BCUT2D eigenvalue weighted by Crippen LogP contribution is 2.12. The van der Waals surface area contributed by atoms with Crippen molar-refractivity contribution in [2.45, 2.75) is 19.3 Å². The molecule has 0 spiro atoms. The van der Waals surface area contributed by atoms with Crippen molar-refractivity contribution in [3.05, 3.63) is 29.8 Å². The number of carboxylic acid groups (broad SMARTS) is 1. The zero-order valence-electron chi connectivity index (χ0n) is 9.10. The summed E-state index contributed by atoms with van der Waals surface area (Å²) >= 11 is 0. The fraction of sp³-hybridized carbons (Fsp3) is 0.333. The maximum absolute atomic E-state index is 11.4. The molecule has 0 aliphatic heterocycles. The molecule has 1 N–H and O–H groups in total. The van der Waals surface area contributed by atoms with Gasteiger partial charge in [-0.15, -0.1) is 0 Å². The van der Waals surface area contributed by atoms with Gasteiger partial charge < -0.3 is 9.84 Å². The Labute approximate surface area is 93.9 Å². The molecule has 0 heterocycles. The molecule has 0 saturated carbocycles. The lowest BCUT2D eigenvalue weighted by molar-refractivity contribution is -0.138. The van der Waals surface area contributed by atoms with Crippen molar-refractivity contribution >= 4 is 11.8 Å². The lowest BCUT2D eigenvalue weighted by Crippen LogP contribution is -2.06. The molecule has 0 fully saturated rings. The molecule has 4 heteroatoms. The maximum Gasteiger partial charge on any atom is 0.303 e. The van der Waals surface area contributed by atoms with Crippen LogP contribution < -0.4 is 4.74 Å². The zero-order valence-corrected chi connectivity index (χ0v) is 9.10. The SMILES string of the molecule is COc1ccc(CC(=O)CCC(=O)O)cc1. The third-order valence-corrected chi connectivity index (χ3v) is 2.18. The third kappa shape index (κ3) is 4.13. The van der Waals surface area contributed by atoms with Crippen molar-refractivity contribution in [2.75, 3.05) is 7.11 Å². The average Bonchev–Trinajstić information content (AvgIpc) is 2.27. The second kappa shape index (κ2) is 5.90. The maximum atomic E-state index is 11.4. The molecule has 4 nitrogen and oxygen atoms in total. The molecule has 0 saturated heterocycles. The first-order valence-electron chi connectivity index (χ1n) is 4.98. The Morgan fingerprint density at radius 2 is 1.81 bits per heavy atom. The molecule has 0 radical (unpaired) electrons. The van der Waals surface area contributed by atoms with Crippen molar-refractivity contribution < 1.29 is 19.4 Å². The predicted octanol–water partition coefficient (Wildman–Crippen LogP) is 1.67. The molecule has 0 aromatic heterocycles. The fourth-order valence-electron chi connectivity index (χ4n) is 1.31. The quantitative estimate of drug-likeness (QED) is 0.795. The average molecular weight is 222 g/mol. The number of rotatable bonds is 6. The molecule has 16 heavy (non-hydrogen) atoms. The Bertz CT molecular complexity index is 367. The van der Waals surface area contributed by atoms with Gasteiger partial charge in [-0.1, -0.05) is 12.1 Å². The van der Waals surface area contributed by atoms with Gasteiger partial charge in [-0.2, -0.15) is 0 Å². The molecule has 0 atom stereocenters. The number of hydrogen-bond donors (Lipinski definition) is 1. The molecule has 0 aliphatic carbocycles. The minimum Gasteiger partial charge on any atom is -0.497 e. The van der Waals surface area contributed by atoms with Crippen molar-refractivity contribution in [1.29, 1.82) is 0 Å². The predicted molar refractivity (Wildman–Crippen MR) is 58.6 cm³/mol. The Balaban J connectivity index is 2.46. The van der Waals surface area contributed by atoms with E-state index in [9.17, 15) is 9.59 Å². The highest BCUT2D eigenvalue weighted by molar-refractivity contribution is 5.84. The standard InChI is InChI=1S/C12H14O4/c1-16-11-5-2-9(3-6-11)8-10(13)4-7-12(14)15/h2-3,5-6H,4,7-8H2,1H3,(H,14,15). The number of carbonyl (C=O) groups excluding carboxylic acids is 1. The van der Waals surface area contributed by atoms with Crippen molar-refractivity contribution in [3.63, 3.8) is 0 Å². The number of ether oxygens (including phenoxy) is 1. The van der Waals surface area contributed by atoms with Gasteiger partial charge in [0.2, 0.25) is 0 Å². The van der Waals surface area contributed by atoms with E-state index in [4.69, 9.17) is 9.84 Å². The monoisotopic (exact) mass is 222 g/mol. The molecule has 0 amide bonds. The van der Waals surface area contributed by atoms with Gasteiger partial charge in [0.1, 0.15) is 11.5 Å². The summed E-state index contributed by atoms with van der Waals surface area (Å²) in [6.07, 6.45) is 0.258. The Kier molecular flexibility index (Phi) is 4.51. The van der Waals surface area contributed by atoms with Gasteiger partial charge in [-0.25, -0.2) is 0 Å². The first kappa shape index (κ1) is 12.2. The van der Waals surface area contributed by atoms with Crippen LogP contribution in [0.25, 0.3) is 0 Å². The number of ketones is 1. The lowest BCUT2D eigenvalue weighted by atomic mass is 10.1. The van der Waals surface area contributed by atoms with Gasteiger partial charge in [0, 0.05) is 12.8 Å². The van der Waals surface area contributed by atoms with Gasteiger partial charge in [-0.05, 0) is 17.7 Å². The zero-order chi connectivity index (χ0) is 12.0. The molecule has 86 valence electrons. The van der Waals surface area contributed by atoms with Crippen molar-refractivity contribution in [2.24, 2.45) is 0 Å². The van der Waals surface area contributed by atoms with Crippen LogP contribution in [0, 0.1) is 0 Å². The van der Waals surface area contributed by atoms with Crippen molar-refractivity contribution in [1.82, 2.24) is 0 Å². The minimum atomic E-state index is -0.942. The van der Waals surface area contributed by atoms with Crippen LogP contribution in [0.2, 0.25) is 0 Å². The summed E-state index contributed by atoms with van der Waals surface area (Å²) in [5, 5.41) is 8.43. The smallest absolute Gasteiger partial charge is 0.303 e. The van der Waals surface area contributed by atoms with E-state index in [0.717, 1.165) is 11.3 Å². The molecule has 1 aromatic carbocycles. The topological polar surface area (TPSA) is 63.6 Å². The van der Waals surface area contributed by atoms with Gasteiger partial charge in [0.25, 0.3) is 0 Å². The van der Waals surface area contributed by atoms with Gasteiger partial charge in [0.15, 0.2) is 0 Å².